The van der Waals surface area contributed by atoms with Gasteiger partial charge in [0.15, 0.2) is 6.61 Å². The Balaban J connectivity index is 1.52. The predicted molar refractivity (Wildman–Crippen MR) is 110 cm³/mol. The van der Waals surface area contributed by atoms with Crippen molar-refractivity contribution in [2.24, 2.45) is 5.73 Å². The number of piperazine rings is 1. The maximum absolute atomic E-state index is 12.5. The maximum Gasteiger partial charge on any atom is 0.321 e. The molecule has 0 unspecified atom stereocenters. The van der Waals surface area contributed by atoms with Crippen LogP contribution in [-0.2, 0) is 4.79 Å². The van der Waals surface area contributed by atoms with E-state index in [1.165, 1.54) is 5.56 Å². The highest BCUT2D eigenvalue weighted by molar-refractivity contribution is 6.30. The third-order valence-corrected chi connectivity index (χ3v) is 4.80. The highest BCUT2D eigenvalue weighted by atomic mass is 35.5. The number of primary amides is 1. The zero-order chi connectivity index (χ0) is 20.1. The van der Waals surface area contributed by atoms with Gasteiger partial charge in [-0.2, -0.15) is 0 Å². The summed E-state index contributed by atoms with van der Waals surface area (Å²) >= 11 is 6.12. The number of amides is 3. The van der Waals surface area contributed by atoms with Gasteiger partial charge in [-0.1, -0.05) is 17.7 Å². The molecule has 0 aliphatic carbocycles. The van der Waals surface area contributed by atoms with Crippen LogP contribution in [0.2, 0.25) is 5.02 Å². The predicted octanol–water partition coefficient (Wildman–Crippen LogP) is 2.87. The first-order valence-electron chi connectivity index (χ1n) is 9.00. The molecule has 0 spiro atoms. The van der Waals surface area contributed by atoms with Crippen LogP contribution >= 0.6 is 11.6 Å². The Morgan fingerprint density at radius 3 is 2.43 bits per heavy atom. The van der Waals surface area contributed by atoms with E-state index in [0.29, 0.717) is 29.5 Å². The average Bonchev–Trinajstić information content (AvgIpc) is 2.69. The number of nitrogens with zero attached hydrogens (tertiary/aromatic N) is 2. The van der Waals surface area contributed by atoms with Gasteiger partial charge in [0, 0.05) is 42.6 Å². The molecule has 2 aromatic carbocycles. The molecular weight excluding hydrogens is 380 g/mol. The number of benzene rings is 2. The number of halogens is 1. The van der Waals surface area contributed by atoms with Gasteiger partial charge in [0.2, 0.25) is 0 Å². The zero-order valence-corrected chi connectivity index (χ0v) is 16.4. The minimum atomic E-state index is -0.538. The van der Waals surface area contributed by atoms with Gasteiger partial charge in [0.1, 0.15) is 5.75 Å². The van der Waals surface area contributed by atoms with Crippen molar-refractivity contribution >= 4 is 34.9 Å². The first-order valence-corrected chi connectivity index (χ1v) is 9.38. The molecule has 148 valence electrons. The zero-order valence-electron chi connectivity index (χ0n) is 15.7. The molecular formula is C20H23ClN4O3. The second kappa shape index (κ2) is 8.84. The third-order valence-electron chi connectivity index (χ3n) is 4.57. The number of urea groups is 1. The molecule has 8 heteroatoms. The lowest BCUT2D eigenvalue weighted by Gasteiger charge is -2.36. The normalized spacial score (nSPS) is 13.9. The van der Waals surface area contributed by atoms with Gasteiger partial charge in [0.25, 0.3) is 5.91 Å². The van der Waals surface area contributed by atoms with Crippen LogP contribution in [0.4, 0.5) is 16.2 Å². The largest absolute Gasteiger partial charge is 0.484 e. The Morgan fingerprint density at radius 1 is 1.11 bits per heavy atom. The summed E-state index contributed by atoms with van der Waals surface area (Å²) in [6, 6.07) is 12.5. The number of hydrogen-bond donors (Lipinski definition) is 2. The Bertz CT molecular complexity index is 849. The van der Waals surface area contributed by atoms with Crippen LogP contribution in [0.5, 0.6) is 5.75 Å². The minimum Gasteiger partial charge on any atom is -0.484 e. The molecule has 1 fully saturated rings. The van der Waals surface area contributed by atoms with E-state index in [2.05, 4.69) is 17.1 Å². The molecule has 7 nitrogen and oxygen atoms in total. The molecule has 28 heavy (non-hydrogen) atoms. The van der Waals surface area contributed by atoms with Crippen molar-refractivity contribution in [2.75, 3.05) is 43.0 Å². The molecule has 1 saturated heterocycles. The first-order chi connectivity index (χ1) is 13.4. The number of ether oxygens (including phenoxy) is 1. The summed E-state index contributed by atoms with van der Waals surface area (Å²) in [5.41, 5.74) is 7.98. The van der Waals surface area contributed by atoms with E-state index in [1.54, 1.807) is 29.2 Å². The minimum absolute atomic E-state index is 0.145. The van der Waals surface area contributed by atoms with Crippen molar-refractivity contribution in [1.29, 1.82) is 0 Å². The summed E-state index contributed by atoms with van der Waals surface area (Å²) in [5, 5.41) is 3.59. The molecule has 3 amide bonds. The second-order valence-electron chi connectivity index (χ2n) is 6.61. The summed E-state index contributed by atoms with van der Waals surface area (Å²) in [6.07, 6.45) is 0. The number of carbonyl (C=O) groups excluding carboxylic acids is 2. The number of anilines is 2. The number of nitrogens with one attached hydrogen (secondary N) is 1. The lowest BCUT2D eigenvalue weighted by atomic mass is 10.1. The van der Waals surface area contributed by atoms with E-state index in [4.69, 9.17) is 22.1 Å². The fraction of sp³-hybridized carbons (Fsp3) is 0.300. The molecule has 0 atom stereocenters. The van der Waals surface area contributed by atoms with E-state index < -0.39 is 5.91 Å². The molecule has 1 aliphatic rings. The van der Waals surface area contributed by atoms with Gasteiger partial charge in [-0.05, 0) is 48.9 Å². The van der Waals surface area contributed by atoms with E-state index in [9.17, 15) is 9.59 Å². The highest BCUT2D eigenvalue weighted by Crippen LogP contribution is 2.25. The van der Waals surface area contributed by atoms with Crippen LogP contribution < -0.4 is 20.7 Å². The van der Waals surface area contributed by atoms with Crippen LogP contribution in [0.15, 0.2) is 42.5 Å². The molecule has 2 aromatic rings. The first kappa shape index (κ1) is 19.8. The van der Waals surface area contributed by atoms with Crippen molar-refractivity contribution in [1.82, 2.24) is 4.90 Å². The van der Waals surface area contributed by atoms with Crippen molar-refractivity contribution in [3.63, 3.8) is 0 Å². The van der Waals surface area contributed by atoms with E-state index in [-0.39, 0.29) is 12.6 Å². The molecule has 3 rings (SSSR count). The van der Waals surface area contributed by atoms with Crippen LogP contribution in [0.1, 0.15) is 5.56 Å². The van der Waals surface area contributed by atoms with Crippen LogP contribution in [0.3, 0.4) is 0 Å². The summed E-state index contributed by atoms with van der Waals surface area (Å²) in [6.45, 7) is 4.61. The van der Waals surface area contributed by atoms with Gasteiger partial charge in [-0.3, -0.25) is 4.79 Å². The maximum atomic E-state index is 12.5. The fourth-order valence-corrected chi connectivity index (χ4v) is 3.23. The van der Waals surface area contributed by atoms with Gasteiger partial charge in [-0.25, -0.2) is 4.79 Å². The lowest BCUT2D eigenvalue weighted by molar-refractivity contribution is -0.119. The summed E-state index contributed by atoms with van der Waals surface area (Å²) < 4.78 is 5.20. The van der Waals surface area contributed by atoms with Gasteiger partial charge < -0.3 is 25.6 Å². The van der Waals surface area contributed by atoms with E-state index in [0.717, 1.165) is 18.8 Å². The molecule has 0 bridgehead atoms. The van der Waals surface area contributed by atoms with Gasteiger partial charge in [0.05, 0.1) is 0 Å². The van der Waals surface area contributed by atoms with Crippen molar-refractivity contribution < 1.29 is 14.3 Å². The highest BCUT2D eigenvalue weighted by Gasteiger charge is 2.22. The Morgan fingerprint density at radius 2 is 1.79 bits per heavy atom. The third kappa shape index (κ3) is 5.07. The summed E-state index contributed by atoms with van der Waals surface area (Å²) in [7, 11) is 0. The van der Waals surface area contributed by atoms with Crippen molar-refractivity contribution in [3.8, 4) is 5.75 Å². The lowest BCUT2D eigenvalue weighted by Crippen LogP contribution is -2.50. The van der Waals surface area contributed by atoms with E-state index in [1.807, 2.05) is 18.2 Å². The monoisotopic (exact) mass is 402 g/mol. The Hall–Kier alpha value is -2.93. The number of nitrogens with two attached hydrogens (primary N) is 1. The summed E-state index contributed by atoms with van der Waals surface area (Å²) in [5.74, 6) is -0.0215. The molecule has 1 heterocycles. The van der Waals surface area contributed by atoms with E-state index >= 15 is 0 Å². The number of carbonyl (C=O) groups is 2. The standard InChI is InChI=1S/C20H23ClN4O3/c1-14-2-3-15(21)12-18(14)24-8-10-25(11-9-24)20(27)23-16-4-6-17(7-5-16)28-13-19(22)26/h2-7,12H,8-11,13H2,1H3,(H2,22,26)(H,23,27). The van der Waals surface area contributed by atoms with Crippen LogP contribution in [0.25, 0.3) is 0 Å². The quantitative estimate of drug-likeness (QED) is 0.804. The number of rotatable bonds is 5. The second-order valence-corrected chi connectivity index (χ2v) is 7.05. The van der Waals surface area contributed by atoms with Gasteiger partial charge in [-0.15, -0.1) is 0 Å². The fourth-order valence-electron chi connectivity index (χ4n) is 3.07. The molecule has 3 N–H and O–H groups in total. The van der Waals surface area contributed by atoms with Crippen LogP contribution in [-0.4, -0.2) is 49.6 Å². The topological polar surface area (TPSA) is 87.9 Å². The Labute approximate surface area is 169 Å². The number of hydrogen-bond acceptors (Lipinski definition) is 4. The summed E-state index contributed by atoms with van der Waals surface area (Å²) in [4.78, 5) is 27.3. The molecule has 0 radical (unpaired) electrons. The number of aryl methyl sites for hydroxylation is 1. The van der Waals surface area contributed by atoms with Crippen molar-refractivity contribution in [2.45, 2.75) is 6.92 Å². The molecule has 0 aromatic heterocycles. The molecule has 0 saturated carbocycles. The van der Waals surface area contributed by atoms with Crippen LogP contribution in [0, 0.1) is 6.92 Å². The van der Waals surface area contributed by atoms with Gasteiger partial charge >= 0.3 is 6.03 Å². The Kier molecular flexibility index (Phi) is 6.26. The average molecular weight is 403 g/mol. The van der Waals surface area contributed by atoms with Crippen molar-refractivity contribution in [3.05, 3.63) is 53.1 Å². The smallest absolute Gasteiger partial charge is 0.321 e. The SMILES string of the molecule is Cc1ccc(Cl)cc1N1CCN(C(=O)Nc2ccc(OCC(N)=O)cc2)CC1. The molecule has 1 aliphatic heterocycles.